The van der Waals surface area contributed by atoms with Crippen molar-refractivity contribution in [2.24, 2.45) is 5.73 Å². The van der Waals surface area contributed by atoms with Crippen molar-refractivity contribution in [3.05, 3.63) is 23.8 Å². The zero-order valence-electron chi connectivity index (χ0n) is 10.6. The van der Waals surface area contributed by atoms with Gasteiger partial charge in [-0.3, -0.25) is 4.79 Å². The van der Waals surface area contributed by atoms with Crippen LogP contribution in [0, 0.1) is 0 Å². The summed E-state index contributed by atoms with van der Waals surface area (Å²) in [5.41, 5.74) is 11.9. The highest BCUT2D eigenvalue weighted by Gasteiger charge is 2.19. The number of rotatable bonds is 3. The summed E-state index contributed by atoms with van der Waals surface area (Å²) in [7, 11) is 2.10. The maximum absolute atomic E-state index is 11.0. The van der Waals surface area contributed by atoms with Gasteiger partial charge in [-0.25, -0.2) is 0 Å². The molecular formula is C13H19N3O2. The number of hydrogen-bond donors (Lipinski definition) is 2. The molecule has 5 nitrogen and oxygen atoms in total. The average Bonchev–Trinajstić information content (AvgIpc) is 2.34. The van der Waals surface area contributed by atoms with E-state index in [1.54, 1.807) is 18.2 Å². The van der Waals surface area contributed by atoms with Crippen molar-refractivity contribution in [2.75, 3.05) is 25.9 Å². The van der Waals surface area contributed by atoms with E-state index < -0.39 is 5.91 Å². The molecule has 1 heterocycles. The van der Waals surface area contributed by atoms with E-state index in [0.717, 1.165) is 25.9 Å². The highest BCUT2D eigenvalue weighted by molar-refractivity contribution is 5.94. The van der Waals surface area contributed by atoms with Crippen LogP contribution in [0.1, 0.15) is 23.2 Å². The molecule has 2 rings (SSSR count). The third kappa shape index (κ3) is 2.92. The van der Waals surface area contributed by atoms with Crippen LogP contribution in [-0.4, -0.2) is 37.0 Å². The number of nitrogen functional groups attached to an aromatic ring is 1. The fourth-order valence-corrected chi connectivity index (χ4v) is 2.09. The van der Waals surface area contributed by atoms with Crippen molar-refractivity contribution in [1.82, 2.24) is 4.90 Å². The van der Waals surface area contributed by atoms with Crippen molar-refractivity contribution in [1.29, 1.82) is 0 Å². The number of nitrogens with two attached hydrogens (primary N) is 2. The Morgan fingerprint density at radius 3 is 2.61 bits per heavy atom. The predicted octanol–water partition coefficient (Wildman–Crippen LogP) is 0.841. The van der Waals surface area contributed by atoms with Crippen LogP contribution in [0.3, 0.4) is 0 Å². The molecule has 4 N–H and O–H groups in total. The zero-order chi connectivity index (χ0) is 13.1. The second kappa shape index (κ2) is 5.27. The second-order valence-electron chi connectivity index (χ2n) is 4.74. The fraction of sp³-hybridized carbons (Fsp3) is 0.462. The summed E-state index contributed by atoms with van der Waals surface area (Å²) < 4.78 is 5.87. The summed E-state index contributed by atoms with van der Waals surface area (Å²) >= 11 is 0. The monoisotopic (exact) mass is 249 g/mol. The van der Waals surface area contributed by atoms with Gasteiger partial charge in [-0.05, 0) is 38.1 Å². The first-order valence-electron chi connectivity index (χ1n) is 6.11. The minimum Gasteiger partial charge on any atom is -0.488 e. The molecular weight excluding hydrogens is 230 g/mol. The standard InChI is InChI=1S/C13H19N3O2/c1-16-6-4-10(5-7-16)18-12-3-2-9(13(15)17)8-11(12)14/h2-3,8,10H,4-7,14H2,1H3,(H2,15,17). The molecule has 1 aromatic rings. The Morgan fingerprint density at radius 1 is 1.39 bits per heavy atom. The Kier molecular flexibility index (Phi) is 3.72. The third-order valence-corrected chi connectivity index (χ3v) is 3.25. The molecule has 0 aliphatic carbocycles. The van der Waals surface area contributed by atoms with Crippen molar-refractivity contribution < 1.29 is 9.53 Å². The number of piperidine rings is 1. The fourth-order valence-electron chi connectivity index (χ4n) is 2.09. The highest BCUT2D eigenvalue weighted by Crippen LogP contribution is 2.26. The van der Waals surface area contributed by atoms with Crippen LogP contribution in [0.5, 0.6) is 5.75 Å². The van der Waals surface area contributed by atoms with Gasteiger partial charge in [-0.1, -0.05) is 0 Å². The number of amides is 1. The van der Waals surface area contributed by atoms with E-state index in [2.05, 4.69) is 11.9 Å². The maximum Gasteiger partial charge on any atom is 0.248 e. The third-order valence-electron chi connectivity index (χ3n) is 3.25. The molecule has 1 amide bonds. The summed E-state index contributed by atoms with van der Waals surface area (Å²) in [6.07, 6.45) is 2.18. The van der Waals surface area contributed by atoms with Crippen LogP contribution in [0.2, 0.25) is 0 Å². The number of hydrogen-bond acceptors (Lipinski definition) is 4. The van der Waals surface area contributed by atoms with E-state index in [4.69, 9.17) is 16.2 Å². The largest absolute Gasteiger partial charge is 0.488 e. The van der Waals surface area contributed by atoms with Gasteiger partial charge in [0.1, 0.15) is 11.9 Å². The molecule has 5 heteroatoms. The number of primary amides is 1. The van der Waals surface area contributed by atoms with Gasteiger partial charge in [0.05, 0.1) is 5.69 Å². The number of ether oxygens (including phenoxy) is 1. The summed E-state index contributed by atoms with van der Waals surface area (Å²) in [5.74, 6) is 0.155. The lowest BCUT2D eigenvalue weighted by Gasteiger charge is -2.29. The van der Waals surface area contributed by atoms with E-state index in [0.29, 0.717) is 17.0 Å². The Balaban J connectivity index is 2.03. The molecule has 1 aliphatic heterocycles. The normalized spacial score (nSPS) is 17.6. The Bertz CT molecular complexity index is 440. The van der Waals surface area contributed by atoms with Crippen LogP contribution < -0.4 is 16.2 Å². The van der Waals surface area contributed by atoms with Gasteiger partial charge >= 0.3 is 0 Å². The highest BCUT2D eigenvalue weighted by atomic mass is 16.5. The summed E-state index contributed by atoms with van der Waals surface area (Å²) in [4.78, 5) is 13.3. The molecule has 0 unspecified atom stereocenters. The van der Waals surface area contributed by atoms with Gasteiger partial charge < -0.3 is 21.1 Å². The van der Waals surface area contributed by atoms with Crippen molar-refractivity contribution in [3.8, 4) is 5.75 Å². The first-order chi connectivity index (χ1) is 8.56. The van der Waals surface area contributed by atoms with Crippen molar-refractivity contribution >= 4 is 11.6 Å². The molecule has 1 aliphatic rings. The van der Waals surface area contributed by atoms with E-state index >= 15 is 0 Å². The molecule has 0 bridgehead atoms. The average molecular weight is 249 g/mol. The number of carbonyl (C=O) groups is 1. The van der Waals surface area contributed by atoms with E-state index in [1.165, 1.54) is 0 Å². The van der Waals surface area contributed by atoms with Gasteiger partial charge in [0.15, 0.2) is 0 Å². The van der Waals surface area contributed by atoms with Crippen molar-refractivity contribution in [2.45, 2.75) is 18.9 Å². The number of carbonyl (C=O) groups excluding carboxylic acids is 1. The van der Waals surface area contributed by atoms with E-state index in [-0.39, 0.29) is 6.10 Å². The van der Waals surface area contributed by atoms with Crippen LogP contribution in [0.4, 0.5) is 5.69 Å². The van der Waals surface area contributed by atoms with Crippen LogP contribution in [-0.2, 0) is 0 Å². The van der Waals surface area contributed by atoms with Gasteiger partial charge in [0, 0.05) is 18.7 Å². The summed E-state index contributed by atoms with van der Waals surface area (Å²) in [5, 5.41) is 0. The topological polar surface area (TPSA) is 81.6 Å². The molecule has 0 radical (unpaired) electrons. The van der Waals surface area contributed by atoms with Gasteiger partial charge in [0.2, 0.25) is 5.91 Å². The van der Waals surface area contributed by atoms with Crippen molar-refractivity contribution in [3.63, 3.8) is 0 Å². The second-order valence-corrected chi connectivity index (χ2v) is 4.74. The molecule has 98 valence electrons. The molecule has 0 atom stereocenters. The number of nitrogens with zero attached hydrogens (tertiary/aromatic N) is 1. The summed E-state index contributed by atoms with van der Waals surface area (Å²) in [6.45, 7) is 2.06. The molecule has 0 spiro atoms. The Labute approximate surface area is 107 Å². The molecule has 0 aromatic heterocycles. The number of benzene rings is 1. The SMILES string of the molecule is CN1CCC(Oc2ccc(C(N)=O)cc2N)CC1. The van der Waals surface area contributed by atoms with Crippen LogP contribution in [0.15, 0.2) is 18.2 Å². The first kappa shape index (κ1) is 12.7. The van der Waals surface area contributed by atoms with E-state index in [9.17, 15) is 4.79 Å². The van der Waals surface area contributed by atoms with Crippen LogP contribution >= 0.6 is 0 Å². The summed E-state index contributed by atoms with van der Waals surface area (Å²) in [6, 6.07) is 4.92. The zero-order valence-corrected chi connectivity index (χ0v) is 10.6. The smallest absolute Gasteiger partial charge is 0.248 e. The lowest BCUT2D eigenvalue weighted by Crippen LogP contribution is -2.35. The van der Waals surface area contributed by atoms with Gasteiger partial charge in [-0.15, -0.1) is 0 Å². The lowest BCUT2D eigenvalue weighted by molar-refractivity contribution is 0.1000. The number of likely N-dealkylation sites (tertiary alicyclic amines) is 1. The maximum atomic E-state index is 11.0. The molecule has 1 saturated heterocycles. The molecule has 1 fully saturated rings. The molecule has 0 saturated carbocycles. The Morgan fingerprint density at radius 2 is 2.06 bits per heavy atom. The molecule has 1 aromatic carbocycles. The van der Waals surface area contributed by atoms with Gasteiger partial charge in [0.25, 0.3) is 0 Å². The molecule has 18 heavy (non-hydrogen) atoms. The first-order valence-corrected chi connectivity index (χ1v) is 6.11. The number of anilines is 1. The Hall–Kier alpha value is -1.75. The lowest BCUT2D eigenvalue weighted by atomic mass is 10.1. The van der Waals surface area contributed by atoms with Gasteiger partial charge in [-0.2, -0.15) is 0 Å². The quantitative estimate of drug-likeness (QED) is 0.778. The minimum absolute atomic E-state index is 0.197. The van der Waals surface area contributed by atoms with E-state index in [1.807, 2.05) is 0 Å². The minimum atomic E-state index is -0.479. The van der Waals surface area contributed by atoms with Crippen LogP contribution in [0.25, 0.3) is 0 Å². The predicted molar refractivity (Wildman–Crippen MR) is 70.5 cm³/mol.